The minimum atomic E-state index is -0.472. The van der Waals surface area contributed by atoms with Crippen LogP contribution in [0.2, 0.25) is 5.02 Å². The number of primary amides is 1. The van der Waals surface area contributed by atoms with E-state index in [1.165, 1.54) is 0 Å². The number of rotatable bonds is 5. The molecule has 5 heteroatoms. The largest absolute Gasteiger partial charge is 0.398 e. The highest BCUT2D eigenvalue weighted by Crippen LogP contribution is 2.18. The second-order valence-corrected chi connectivity index (χ2v) is 5.52. The van der Waals surface area contributed by atoms with Crippen molar-refractivity contribution in [1.29, 1.82) is 0 Å². The SMILES string of the molecule is CN(Cc1cccc(Cl)c1)Cc1ccc(C(N)=O)cc1N. The highest BCUT2D eigenvalue weighted by atomic mass is 35.5. The molecule has 0 unspecified atom stereocenters. The van der Waals surface area contributed by atoms with Crippen molar-refractivity contribution in [3.8, 4) is 0 Å². The Kier molecular flexibility index (Phi) is 4.83. The summed E-state index contributed by atoms with van der Waals surface area (Å²) in [5.74, 6) is -0.472. The number of halogens is 1. The molecule has 4 N–H and O–H groups in total. The summed E-state index contributed by atoms with van der Waals surface area (Å²) in [6.07, 6.45) is 0. The minimum absolute atomic E-state index is 0.425. The number of carbonyl (C=O) groups is 1. The standard InChI is InChI=1S/C16H18ClN3O/c1-20(9-11-3-2-4-14(17)7-11)10-13-6-5-12(16(19)21)8-15(13)18/h2-8H,9-10,18H2,1H3,(H2,19,21). The summed E-state index contributed by atoms with van der Waals surface area (Å²) in [4.78, 5) is 13.2. The summed E-state index contributed by atoms with van der Waals surface area (Å²) in [6.45, 7) is 1.44. The molecule has 0 atom stereocenters. The van der Waals surface area contributed by atoms with Crippen molar-refractivity contribution >= 4 is 23.2 Å². The maximum atomic E-state index is 11.1. The summed E-state index contributed by atoms with van der Waals surface area (Å²) in [5.41, 5.74) is 14.3. The van der Waals surface area contributed by atoms with Gasteiger partial charge in [-0.1, -0.05) is 29.8 Å². The van der Waals surface area contributed by atoms with E-state index >= 15 is 0 Å². The molecular formula is C16H18ClN3O. The Bertz CT molecular complexity index is 658. The van der Waals surface area contributed by atoms with Crippen molar-refractivity contribution in [1.82, 2.24) is 4.90 Å². The van der Waals surface area contributed by atoms with Gasteiger partial charge in [-0.05, 0) is 42.4 Å². The molecule has 1 amide bonds. The molecule has 0 radical (unpaired) electrons. The van der Waals surface area contributed by atoms with Gasteiger partial charge < -0.3 is 11.5 Å². The molecule has 2 aromatic carbocycles. The van der Waals surface area contributed by atoms with Crippen molar-refractivity contribution in [3.63, 3.8) is 0 Å². The zero-order chi connectivity index (χ0) is 15.4. The van der Waals surface area contributed by atoms with Crippen molar-refractivity contribution in [2.45, 2.75) is 13.1 Å². The number of nitrogens with zero attached hydrogens (tertiary/aromatic N) is 1. The van der Waals surface area contributed by atoms with Crippen molar-refractivity contribution in [2.24, 2.45) is 5.73 Å². The van der Waals surface area contributed by atoms with Gasteiger partial charge in [0.05, 0.1) is 0 Å². The summed E-state index contributed by atoms with van der Waals surface area (Å²) < 4.78 is 0. The molecule has 4 nitrogen and oxygen atoms in total. The number of nitrogens with two attached hydrogens (primary N) is 2. The van der Waals surface area contributed by atoms with Crippen molar-refractivity contribution in [2.75, 3.05) is 12.8 Å². The lowest BCUT2D eigenvalue weighted by molar-refractivity contribution is 0.100. The third-order valence-electron chi connectivity index (χ3n) is 3.21. The van der Waals surface area contributed by atoms with Gasteiger partial charge in [-0.3, -0.25) is 9.69 Å². The topological polar surface area (TPSA) is 72.3 Å². The zero-order valence-corrected chi connectivity index (χ0v) is 12.6. The average Bonchev–Trinajstić information content (AvgIpc) is 2.40. The fourth-order valence-corrected chi connectivity index (χ4v) is 2.40. The number of anilines is 1. The smallest absolute Gasteiger partial charge is 0.248 e. The molecule has 0 bridgehead atoms. The fourth-order valence-electron chi connectivity index (χ4n) is 2.19. The number of hydrogen-bond acceptors (Lipinski definition) is 3. The van der Waals surface area contributed by atoms with Crippen LogP contribution in [0.25, 0.3) is 0 Å². The molecule has 0 aromatic heterocycles. The van der Waals surface area contributed by atoms with Crippen LogP contribution in [-0.4, -0.2) is 17.9 Å². The molecule has 0 aliphatic carbocycles. The van der Waals surface area contributed by atoms with Crippen LogP contribution in [0.5, 0.6) is 0 Å². The number of hydrogen-bond donors (Lipinski definition) is 2. The first-order valence-corrected chi connectivity index (χ1v) is 6.94. The third kappa shape index (κ3) is 4.21. The molecular weight excluding hydrogens is 286 g/mol. The Labute approximate surface area is 129 Å². The monoisotopic (exact) mass is 303 g/mol. The van der Waals surface area contributed by atoms with Crippen LogP contribution in [0.4, 0.5) is 5.69 Å². The molecule has 2 rings (SSSR count). The number of amides is 1. The van der Waals surface area contributed by atoms with Gasteiger partial charge >= 0.3 is 0 Å². The van der Waals surface area contributed by atoms with Crippen LogP contribution in [0.1, 0.15) is 21.5 Å². The van der Waals surface area contributed by atoms with E-state index in [9.17, 15) is 4.79 Å². The second-order valence-electron chi connectivity index (χ2n) is 5.08. The van der Waals surface area contributed by atoms with E-state index in [0.717, 1.165) is 22.7 Å². The van der Waals surface area contributed by atoms with Gasteiger partial charge in [-0.25, -0.2) is 0 Å². The van der Waals surface area contributed by atoms with Crippen LogP contribution in [0, 0.1) is 0 Å². The van der Waals surface area contributed by atoms with Crippen LogP contribution < -0.4 is 11.5 Å². The summed E-state index contributed by atoms with van der Waals surface area (Å²) in [7, 11) is 2.00. The van der Waals surface area contributed by atoms with Crippen molar-refractivity contribution < 1.29 is 4.79 Å². The number of nitrogen functional groups attached to an aromatic ring is 1. The molecule has 2 aromatic rings. The summed E-state index contributed by atoms with van der Waals surface area (Å²) in [5, 5.41) is 0.728. The van der Waals surface area contributed by atoms with E-state index in [0.29, 0.717) is 17.8 Å². The van der Waals surface area contributed by atoms with Gasteiger partial charge in [0.2, 0.25) is 5.91 Å². The Morgan fingerprint density at radius 1 is 1.19 bits per heavy atom. The maximum absolute atomic E-state index is 11.1. The van der Waals surface area contributed by atoms with E-state index < -0.39 is 5.91 Å². The molecule has 0 aliphatic heterocycles. The van der Waals surface area contributed by atoms with E-state index in [4.69, 9.17) is 23.1 Å². The average molecular weight is 304 g/mol. The minimum Gasteiger partial charge on any atom is -0.398 e. The van der Waals surface area contributed by atoms with Crippen LogP contribution in [0.3, 0.4) is 0 Å². The van der Waals surface area contributed by atoms with E-state index in [2.05, 4.69) is 4.90 Å². The molecule has 21 heavy (non-hydrogen) atoms. The van der Waals surface area contributed by atoms with Gasteiger partial charge in [-0.2, -0.15) is 0 Å². The second kappa shape index (κ2) is 6.61. The van der Waals surface area contributed by atoms with Gasteiger partial charge in [0.15, 0.2) is 0 Å². The normalized spacial score (nSPS) is 10.8. The molecule has 0 heterocycles. The Hall–Kier alpha value is -2.04. The lowest BCUT2D eigenvalue weighted by Gasteiger charge is -2.18. The highest BCUT2D eigenvalue weighted by molar-refractivity contribution is 6.30. The third-order valence-corrected chi connectivity index (χ3v) is 3.45. The summed E-state index contributed by atoms with van der Waals surface area (Å²) >= 11 is 5.98. The van der Waals surface area contributed by atoms with Gasteiger partial charge in [0.1, 0.15) is 0 Å². The van der Waals surface area contributed by atoms with Gasteiger partial charge in [0.25, 0.3) is 0 Å². The Balaban J connectivity index is 2.06. The first-order chi connectivity index (χ1) is 9.95. The van der Waals surface area contributed by atoms with Crippen LogP contribution >= 0.6 is 11.6 Å². The molecule has 0 saturated heterocycles. The molecule has 0 saturated carbocycles. The first-order valence-electron chi connectivity index (χ1n) is 6.57. The predicted molar refractivity (Wildman–Crippen MR) is 86.0 cm³/mol. The van der Waals surface area contributed by atoms with E-state index in [1.54, 1.807) is 12.1 Å². The van der Waals surface area contributed by atoms with Crippen LogP contribution in [0.15, 0.2) is 42.5 Å². The fraction of sp³-hybridized carbons (Fsp3) is 0.188. The van der Waals surface area contributed by atoms with Gasteiger partial charge in [0, 0.05) is 29.4 Å². The van der Waals surface area contributed by atoms with Gasteiger partial charge in [-0.15, -0.1) is 0 Å². The lowest BCUT2D eigenvalue weighted by Crippen LogP contribution is -2.18. The molecule has 0 fully saturated rings. The number of carbonyl (C=O) groups excluding carboxylic acids is 1. The molecule has 0 aliphatic rings. The Morgan fingerprint density at radius 2 is 1.95 bits per heavy atom. The molecule has 0 spiro atoms. The first kappa shape index (κ1) is 15.4. The number of benzene rings is 2. The van der Waals surface area contributed by atoms with E-state index in [-0.39, 0.29) is 0 Å². The molecule has 110 valence electrons. The Morgan fingerprint density at radius 3 is 2.57 bits per heavy atom. The maximum Gasteiger partial charge on any atom is 0.248 e. The summed E-state index contributed by atoms with van der Waals surface area (Å²) in [6, 6.07) is 12.9. The van der Waals surface area contributed by atoms with E-state index in [1.807, 2.05) is 37.4 Å². The highest BCUT2D eigenvalue weighted by Gasteiger charge is 2.08. The van der Waals surface area contributed by atoms with Crippen molar-refractivity contribution in [3.05, 3.63) is 64.2 Å². The zero-order valence-electron chi connectivity index (χ0n) is 11.8. The van der Waals surface area contributed by atoms with Crippen LogP contribution in [-0.2, 0) is 13.1 Å². The quantitative estimate of drug-likeness (QED) is 0.834. The predicted octanol–water partition coefficient (Wildman–Crippen LogP) is 2.65. The lowest BCUT2D eigenvalue weighted by atomic mass is 10.1.